The van der Waals surface area contributed by atoms with Crippen molar-refractivity contribution in [2.75, 3.05) is 13.7 Å². The first-order valence-electron chi connectivity index (χ1n) is 6.93. The van der Waals surface area contributed by atoms with E-state index in [1.54, 1.807) is 7.11 Å². The van der Waals surface area contributed by atoms with Gasteiger partial charge in [-0.25, -0.2) is 0 Å². The summed E-state index contributed by atoms with van der Waals surface area (Å²) in [4.78, 5) is 11.8. The number of amides is 1. The molecule has 4 nitrogen and oxygen atoms in total. The second kappa shape index (κ2) is 6.57. The van der Waals surface area contributed by atoms with E-state index in [1.165, 1.54) is 0 Å². The van der Waals surface area contributed by atoms with Crippen LogP contribution in [0.2, 0.25) is 0 Å². The van der Waals surface area contributed by atoms with Gasteiger partial charge in [0, 0.05) is 18.2 Å². The van der Waals surface area contributed by atoms with E-state index in [-0.39, 0.29) is 18.0 Å². The molecule has 1 aromatic rings. The molecule has 1 heterocycles. The number of hydrogen-bond donors (Lipinski definition) is 2. The first-order valence-corrected chi connectivity index (χ1v) is 6.93. The molecule has 104 valence electrons. The highest BCUT2D eigenvalue weighted by molar-refractivity contribution is 5.82. The average Bonchev–Trinajstić information content (AvgIpc) is 2.46. The molecule has 2 unspecified atom stereocenters. The molecule has 1 aliphatic heterocycles. The third-order valence-corrected chi connectivity index (χ3v) is 3.61. The van der Waals surface area contributed by atoms with Gasteiger partial charge in [-0.05, 0) is 25.3 Å². The van der Waals surface area contributed by atoms with Gasteiger partial charge in [-0.1, -0.05) is 25.1 Å². The van der Waals surface area contributed by atoms with Crippen molar-refractivity contribution in [1.82, 2.24) is 10.6 Å². The number of ether oxygens (including phenoxy) is 1. The zero-order valence-corrected chi connectivity index (χ0v) is 11.6. The van der Waals surface area contributed by atoms with Gasteiger partial charge in [0.2, 0.25) is 5.91 Å². The Kier molecular flexibility index (Phi) is 4.80. The highest BCUT2D eigenvalue weighted by Gasteiger charge is 2.25. The summed E-state index contributed by atoms with van der Waals surface area (Å²) in [7, 11) is 1.68. The molecule has 19 heavy (non-hydrogen) atoms. The number of piperidine rings is 1. The quantitative estimate of drug-likeness (QED) is 0.853. The van der Waals surface area contributed by atoms with Crippen molar-refractivity contribution in [2.24, 2.45) is 0 Å². The van der Waals surface area contributed by atoms with Crippen molar-refractivity contribution in [2.45, 2.75) is 38.3 Å². The Morgan fingerprint density at radius 2 is 2.26 bits per heavy atom. The number of carbonyl (C=O) groups is 1. The summed E-state index contributed by atoms with van der Waals surface area (Å²) < 4.78 is 5.40. The minimum absolute atomic E-state index is 0.0939. The molecule has 1 amide bonds. The van der Waals surface area contributed by atoms with Gasteiger partial charge < -0.3 is 10.1 Å². The fraction of sp³-hybridized carbons (Fsp3) is 0.533. The van der Waals surface area contributed by atoms with Crippen LogP contribution < -0.4 is 15.4 Å². The summed E-state index contributed by atoms with van der Waals surface area (Å²) in [5.74, 6) is 0.984. The van der Waals surface area contributed by atoms with Crippen LogP contribution in [0, 0.1) is 0 Å². The van der Waals surface area contributed by atoms with Gasteiger partial charge in [0.05, 0.1) is 13.2 Å². The topological polar surface area (TPSA) is 50.4 Å². The van der Waals surface area contributed by atoms with E-state index in [1.807, 2.05) is 18.2 Å². The van der Waals surface area contributed by atoms with Gasteiger partial charge in [-0.2, -0.15) is 0 Å². The molecule has 0 aromatic heterocycles. The second-order valence-electron chi connectivity index (χ2n) is 4.86. The van der Waals surface area contributed by atoms with Crippen molar-refractivity contribution in [1.29, 1.82) is 0 Å². The highest BCUT2D eigenvalue weighted by atomic mass is 16.5. The fourth-order valence-electron chi connectivity index (χ4n) is 2.56. The first-order chi connectivity index (χ1) is 9.26. The minimum Gasteiger partial charge on any atom is -0.496 e. The lowest BCUT2D eigenvalue weighted by Gasteiger charge is -2.28. The van der Waals surface area contributed by atoms with Crippen molar-refractivity contribution >= 4 is 5.91 Å². The normalized spacial score (nSPS) is 20.7. The monoisotopic (exact) mass is 262 g/mol. The molecule has 4 heteroatoms. The molecule has 2 rings (SSSR count). The molecule has 1 saturated heterocycles. The SMILES string of the molecule is CCC(NC1CCCNC1=O)c1ccccc1OC. The van der Waals surface area contributed by atoms with Crippen LogP contribution >= 0.6 is 0 Å². The lowest BCUT2D eigenvalue weighted by molar-refractivity contribution is -0.124. The van der Waals surface area contributed by atoms with E-state index in [2.05, 4.69) is 23.6 Å². The van der Waals surface area contributed by atoms with Gasteiger partial charge >= 0.3 is 0 Å². The number of methoxy groups -OCH3 is 1. The molecule has 1 aromatic carbocycles. The lowest BCUT2D eigenvalue weighted by atomic mass is 9.99. The van der Waals surface area contributed by atoms with Crippen molar-refractivity contribution < 1.29 is 9.53 Å². The Hall–Kier alpha value is -1.55. The Bertz CT molecular complexity index is 434. The first kappa shape index (κ1) is 13.9. The van der Waals surface area contributed by atoms with Gasteiger partial charge in [-0.3, -0.25) is 10.1 Å². The Balaban J connectivity index is 2.13. The molecular formula is C15H22N2O2. The van der Waals surface area contributed by atoms with E-state index in [0.717, 1.165) is 37.1 Å². The van der Waals surface area contributed by atoms with E-state index in [9.17, 15) is 4.79 Å². The number of rotatable bonds is 5. The summed E-state index contributed by atoms with van der Waals surface area (Å²) in [6.45, 7) is 2.91. The van der Waals surface area contributed by atoms with Crippen LogP contribution in [0.5, 0.6) is 5.75 Å². The van der Waals surface area contributed by atoms with Gasteiger partial charge in [-0.15, -0.1) is 0 Å². The van der Waals surface area contributed by atoms with Crippen molar-refractivity contribution in [3.63, 3.8) is 0 Å². The molecule has 0 aliphatic carbocycles. The number of nitrogens with one attached hydrogen (secondary N) is 2. The van der Waals surface area contributed by atoms with Crippen LogP contribution in [0.25, 0.3) is 0 Å². The average molecular weight is 262 g/mol. The Morgan fingerprint density at radius 3 is 2.95 bits per heavy atom. The highest BCUT2D eigenvalue weighted by Crippen LogP contribution is 2.27. The molecule has 1 aliphatic rings. The molecule has 2 atom stereocenters. The van der Waals surface area contributed by atoms with E-state index < -0.39 is 0 Å². The van der Waals surface area contributed by atoms with Crippen LogP contribution in [0.15, 0.2) is 24.3 Å². The summed E-state index contributed by atoms with van der Waals surface area (Å²) in [6.07, 6.45) is 2.85. The zero-order valence-electron chi connectivity index (χ0n) is 11.6. The van der Waals surface area contributed by atoms with Crippen molar-refractivity contribution in [3.05, 3.63) is 29.8 Å². The molecule has 0 radical (unpaired) electrons. The van der Waals surface area contributed by atoms with Crippen LogP contribution in [0.4, 0.5) is 0 Å². The Labute approximate surface area is 114 Å². The molecule has 0 spiro atoms. The maximum atomic E-state index is 11.8. The Morgan fingerprint density at radius 1 is 1.47 bits per heavy atom. The molecular weight excluding hydrogens is 240 g/mol. The largest absolute Gasteiger partial charge is 0.496 e. The fourth-order valence-corrected chi connectivity index (χ4v) is 2.56. The van der Waals surface area contributed by atoms with E-state index in [4.69, 9.17) is 4.74 Å². The summed E-state index contributed by atoms with van der Waals surface area (Å²) in [5.41, 5.74) is 1.12. The standard InChI is InChI=1S/C15H22N2O2/c1-3-12(11-7-4-5-9-14(11)19-2)17-13-8-6-10-16-15(13)18/h4-5,7,9,12-13,17H,3,6,8,10H2,1-2H3,(H,16,18). The molecule has 0 saturated carbocycles. The maximum absolute atomic E-state index is 11.8. The second-order valence-corrected chi connectivity index (χ2v) is 4.86. The number of para-hydroxylation sites is 1. The lowest BCUT2D eigenvalue weighted by Crippen LogP contribution is -2.49. The van der Waals surface area contributed by atoms with Crippen LogP contribution in [0.3, 0.4) is 0 Å². The van der Waals surface area contributed by atoms with Crippen molar-refractivity contribution in [3.8, 4) is 5.75 Å². The van der Waals surface area contributed by atoms with E-state index in [0.29, 0.717) is 0 Å². The third kappa shape index (κ3) is 3.26. The molecule has 0 bridgehead atoms. The molecule has 2 N–H and O–H groups in total. The molecule has 1 fully saturated rings. The minimum atomic E-state index is -0.0939. The number of hydrogen-bond acceptors (Lipinski definition) is 3. The smallest absolute Gasteiger partial charge is 0.237 e. The maximum Gasteiger partial charge on any atom is 0.237 e. The van der Waals surface area contributed by atoms with Crippen LogP contribution in [-0.4, -0.2) is 25.6 Å². The van der Waals surface area contributed by atoms with Crippen LogP contribution in [-0.2, 0) is 4.79 Å². The van der Waals surface area contributed by atoms with Gasteiger partial charge in [0.15, 0.2) is 0 Å². The summed E-state index contributed by atoms with van der Waals surface area (Å²) >= 11 is 0. The van der Waals surface area contributed by atoms with E-state index >= 15 is 0 Å². The predicted octanol–water partition coefficient (Wildman–Crippen LogP) is 2.01. The zero-order chi connectivity index (χ0) is 13.7. The predicted molar refractivity (Wildman–Crippen MR) is 75.2 cm³/mol. The summed E-state index contributed by atoms with van der Waals surface area (Å²) in [5, 5.41) is 6.36. The van der Waals surface area contributed by atoms with Gasteiger partial charge in [0.1, 0.15) is 5.75 Å². The van der Waals surface area contributed by atoms with Gasteiger partial charge in [0.25, 0.3) is 0 Å². The number of carbonyl (C=O) groups excluding carboxylic acids is 1. The van der Waals surface area contributed by atoms with Crippen LogP contribution in [0.1, 0.15) is 37.8 Å². The summed E-state index contributed by atoms with van der Waals surface area (Å²) in [6, 6.07) is 8.03. The number of benzene rings is 1. The third-order valence-electron chi connectivity index (χ3n) is 3.61.